The average molecular weight is 392 g/mol. The van der Waals surface area contributed by atoms with E-state index in [9.17, 15) is 17.6 Å². The van der Waals surface area contributed by atoms with Crippen LogP contribution in [0.1, 0.15) is 25.3 Å². The van der Waals surface area contributed by atoms with Gasteiger partial charge >= 0.3 is 0 Å². The molecule has 8 heteroatoms. The van der Waals surface area contributed by atoms with E-state index in [0.717, 1.165) is 5.56 Å². The van der Waals surface area contributed by atoms with E-state index in [1.165, 1.54) is 37.4 Å². The first-order chi connectivity index (χ1) is 12.6. The van der Waals surface area contributed by atoms with Gasteiger partial charge in [-0.1, -0.05) is 26.0 Å². The first-order valence-corrected chi connectivity index (χ1v) is 9.87. The number of rotatable bonds is 5. The number of amides is 1. The minimum atomic E-state index is -3.76. The molecule has 2 atom stereocenters. The second-order valence-electron chi connectivity index (χ2n) is 7.22. The third kappa shape index (κ3) is 3.68. The maximum Gasteiger partial charge on any atom is 0.238 e. The summed E-state index contributed by atoms with van der Waals surface area (Å²) in [6, 6.07) is 10.1. The van der Waals surface area contributed by atoms with Gasteiger partial charge in [-0.25, -0.2) is 17.9 Å². The Morgan fingerprint density at radius 1 is 1.19 bits per heavy atom. The Hall–Kier alpha value is -2.45. The van der Waals surface area contributed by atoms with Crippen molar-refractivity contribution < 1.29 is 22.3 Å². The lowest BCUT2D eigenvalue weighted by molar-refractivity contribution is -0.118. The maximum absolute atomic E-state index is 13.5. The van der Waals surface area contributed by atoms with Crippen LogP contribution >= 0.6 is 0 Å². The van der Waals surface area contributed by atoms with Gasteiger partial charge < -0.3 is 10.1 Å². The number of nitrogens with one attached hydrogen (secondary N) is 1. The van der Waals surface area contributed by atoms with Crippen molar-refractivity contribution in [3.8, 4) is 5.75 Å². The normalized spacial score (nSPS) is 20.8. The molecule has 0 saturated heterocycles. The van der Waals surface area contributed by atoms with Crippen LogP contribution in [-0.4, -0.2) is 21.4 Å². The SMILES string of the molecule is COc1ccc(F)cc1NC(=O)[C@@H]1[C@@H](c2ccc(S(N)(=O)=O)cc2)C1(C)C. The Labute approximate surface area is 157 Å². The minimum Gasteiger partial charge on any atom is -0.495 e. The first-order valence-electron chi connectivity index (χ1n) is 8.33. The summed E-state index contributed by atoms with van der Waals surface area (Å²) < 4.78 is 41.5. The Balaban J connectivity index is 1.81. The Bertz CT molecular complexity index is 987. The van der Waals surface area contributed by atoms with Crippen LogP contribution in [0, 0.1) is 17.2 Å². The van der Waals surface area contributed by atoms with Crippen molar-refractivity contribution in [2.75, 3.05) is 12.4 Å². The summed E-state index contributed by atoms with van der Waals surface area (Å²) in [5.74, 6) is -0.782. The van der Waals surface area contributed by atoms with Crippen molar-refractivity contribution in [2.45, 2.75) is 24.7 Å². The fraction of sp³-hybridized carbons (Fsp3) is 0.316. The summed E-state index contributed by atoms with van der Waals surface area (Å²) in [5.41, 5.74) is 0.792. The number of hydrogen-bond donors (Lipinski definition) is 2. The van der Waals surface area contributed by atoms with Crippen LogP contribution in [0.3, 0.4) is 0 Å². The zero-order valence-corrected chi connectivity index (χ0v) is 16.0. The Morgan fingerprint density at radius 3 is 2.37 bits per heavy atom. The molecule has 1 aliphatic carbocycles. The summed E-state index contributed by atoms with van der Waals surface area (Å²) in [6.45, 7) is 3.91. The number of sulfonamides is 1. The van der Waals surface area contributed by atoms with Crippen molar-refractivity contribution in [1.82, 2.24) is 0 Å². The molecule has 1 saturated carbocycles. The highest BCUT2D eigenvalue weighted by Gasteiger charge is 2.62. The lowest BCUT2D eigenvalue weighted by atomic mass is 10.0. The smallest absolute Gasteiger partial charge is 0.238 e. The molecule has 2 aromatic rings. The zero-order chi connectivity index (χ0) is 20.0. The summed E-state index contributed by atoms with van der Waals surface area (Å²) in [6.07, 6.45) is 0. The zero-order valence-electron chi connectivity index (χ0n) is 15.2. The van der Waals surface area contributed by atoms with Gasteiger partial charge in [0.2, 0.25) is 15.9 Å². The molecule has 0 aliphatic heterocycles. The molecule has 3 N–H and O–H groups in total. The lowest BCUT2D eigenvalue weighted by Gasteiger charge is -2.10. The highest BCUT2D eigenvalue weighted by molar-refractivity contribution is 7.89. The summed E-state index contributed by atoms with van der Waals surface area (Å²) in [4.78, 5) is 12.8. The van der Waals surface area contributed by atoms with E-state index in [2.05, 4.69) is 5.32 Å². The number of carbonyl (C=O) groups excluding carboxylic acids is 1. The van der Waals surface area contributed by atoms with Crippen LogP contribution in [0.15, 0.2) is 47.4 Å². The molecule has 0 spiro atoms. The molecule has 1 amide bonds. The van der Waals surface area contributed by atoms with Crippen LogP contribution in [0.25, 0.3) is 0 Å². The first kappa shape index (κ1) is 19.3. The largest absolute Gasteiger partial charge is 0.495 e. The van der Waals surface area contributed by atoms with E-state index in [1.54, 1.807) is 12.1 Å². The highest BCUT2D eigenvalue weighted by atomic mass is 32.2. The minimum absolute atomic E-state index is 0.0233. The number of ether oxygens (including phenoxy) is 1. The fourth-order valence-corrected chi connectivity index (χ4v) is 4.12. The molecule has 3 rings (SSSR count). The number of methoxy groups -OCH3 is 1. The molecular formula is C19H21FN2O4S. The average Bonchev–Trinajstić information content (AvgIpc) is 3.17. The fourth-order valence-electron chi connectivity index (χ4n) is 3.60. The topological polar surface area (TPSA) is 98.5 Å². The van der Waals surface area contributed by atoms with Gasteiger partial charge in [0.1, 0.15) is 11.6 Å². The van der Waals surface area contributed by atoms with Gasteiger partial charge in [-0.05, 0) is 35.2 Å². The lowest BCUT2D eigenvalue weighted by Crippen LogP contribution is -2.17. The Morgan fingerprint density at radius 2 is 1.81 bits per heavy atom. The predicted molar refractivity (Wildman–Crippen MR) is 99.4 cm³/mol. The van der Waals surface area contributed by atoms with E-state index < -0.39 is 15.8 Å². The van der Waals surface area contributed by atoms with Gasteiger partial charge in [-0.3, -0.25) is 4.79 Å². The van der Waals surface area contributed by atoms with E-state index in [4.69, 9.17) is 9.88 Å². The second kappa shape index (κ2) is 6.61. The molecule has 0 bridgehead atoms. The number of anilines is 1. The molecule has 0 aromatic heterocycles. The van der Waals surface area contributed by atoms with Gasteiger partial charge in [0.05, 0.1) is 23.6 Å². The monoisotopic (exact) mass is 392 g/mol. The molecule has 6 nitrogen and oxygen atoms in total. The van der Waals surface area contributed by atoms with E-state index in [0.29, 0.717) is 5.75 Å². The van der Waals surface area contributed by atoms with Crippen LogP contribution in [0.5, 0.6) is 5.75 Å². The van der Waals surface area contributed by atoms with Crippen LogP contribution in [0.2, 0.25) is 0 Å². The quantitative estimate of drug-likeness (QED) is 0.817. The third-order valence-corrected chi connectivity index (χ3v) is 6.03. The molecule has 0 radical (unpaired) electrons. The third-order valence-electron chi connectivity index (χ3n) is 5.10. The molecule has 0 unspecified atom stereocenters. The van der Waals surface area contributed by atoms with Gasteiger partial charge in [0.25, 0.3) is 0 Å². The molecule has 1 aliphatic rings. The van der Waals surface area contributed by atoms with E-state index in [1.807, 2.05) is 13.8 Å². The number of benzene rings is 2. The molecule has 144 valence electrons. The number of nitrogens with two attached hydrogens (primary N) is 1. The molecule has 2 aromatic carbocycles. The van der Waals surface area contributed by atoms with Crippen LogP contribution < -0.4 is 15.2 Å². The van der Waals surface area contributed by atoms with Crippen molar-refractivity contribution in [3.63, 3.8) is 0 Å². The Kier molecular flexibility index (Phi) is 4.73. The van der Waals surface area contributed by atoms with Crippen molar-refractivity contribution in [2.24, 2.45) is 16.5 Å². The van der Waals surface area contributed by atoms with Gasteiger partial charge in [-0.15, -0.1) is 0 Å². The van der Waals surface area contributed by atoms with Crippen molar-refractivity contribution in [1.29, 1.82) is 0 Å². The van der Waals surface area contributed by atoms with Gasteiger partial charge in [0.15, 0.2) is 0 Å². The number of hydrogen-bond acceptors (Lipinski definition) is 4. The number of primary sulfonamides is 1. The molecule has 0 heterocycles. The second-order valence-corrected chi connectivity index (χ2v) is 8.79. The maximum atomic E-state index is 13.5. The van der Waals surface area contributed by atoms with Gasteiger partial charge in [-0.2, -0.15) is 0 Å². The predicted octanol–water partition coefficient (Wildman–Crippen LogP) is 2.86. The highest BCUT2D eigenvalue weighted by Crippen LogP contribution is 2.64. The van der Waals surface area contributed by atoms with Gasteiger partial charge in [0, 0.05) is 12.0 Å². The molecule has 27 heavy (non-hydrogen) atoms. The summed E-state index contributed by atoms with van der Waals surface area (Å²) >= 11 is 0. The number of carbonyl (C=O) groups is 1. The molecule has 1 fully saturated rings. The van der Waals surface area contributed by atoms with E-state index in [-0.39, 0.29) is 33.7 Å². The van der Waals surface area contributed by atoms with Crippen molar-refractivity contribution >= 4 is 21.6 Å². The molecular weight excluding hydrogens is 371 g/mol. The summed E-state index contributed by atoms with van der Waals surface area (Å²) in [5, 5.41) is 7.85. The van der Waals surface area contributed by atoms with Crippen molar-refractivity contribution in [3.05, 3.63) is 53.8 Å². The summed E-state index contributed by atoms with van der Waals surface area (Å²) in [7, 11) is -2.32. The van der Waals surface area contributed by atoms with E-state index >= 15 is 0 Å². The number of halogens is 1. The van der Waals surface area contributed by atoms with Crippen LogP contribution in [0.4, 0.5) is 10.1 Å². The standard InChI is InChI=1S/C19H21FN2O4S/c1-19(2)16(11-4-7-13(8-5-11)27(21,24)25)17(19)18(23)22-14-10-12(20)6-9-15(14)26-3/h4-10,16-17H,1-3H3,(H,22,23)(H2,21,24,25)/t16-,17+/m1/s1. The van der Waals surface area contributed by atoms with Crippen LogP contribution in [-0.2, 0) is 14.8 Å².